The Kier molecular flexibility index (Phi) is 5.82. The van der Waals surface area contributed by atoms with Crippen molar-refractivity contribution in [3.8, 4) is 0 Å². The number of carboxylic acid groups (broad SMARTS) is 1. The van der Waals surface area contributed by atoms with Gasteiger partial charge in [0.05, 0.1) is 5.92 Å². The fourth-order valence-corrected chi connectivity index (χ4v) is 2.23. The van der Waals surface area contributed by atoms with Gasteiger partial charge in [-0.05, 0) is 40.5 Å². The van der Waals surface area contributed by atoms with Crippen LogP contribution in [0.15, 0.2) is 22.7 Å². The number of benzene rings is 1. The minimum absolute atomic E-state index is 0.345. The first-order valence-electron chi connectivity index (χ1n) is 6.01. The van der Waals surface area contributed by atoms with Gasteiger partial charge in [0, 0.05) is 22.3 Å². The third-order valence-electron chi connectivity index (χ3n) is 2.78. The van der Waals surface area contributed by atoms with Gasteiger partial charge in [0.25, 0.3) is 0 Å². The number of rotatable bonds is 7. The van der Waals surface area contributed by atoms with E-state index in [1.807, 2.05) is 6.92 Å². The quantitative estimate of drug-likeness (QED) is 0.716. The molecule has 0 radical (unpaired) electrons. The van der Waals surface area contributed by atoms with Crippen molar-refractivity contribution < 1.29 is 14.7 Å². The number of primary amides is 1. The van der Waals surface area contributed by atoms with Crippen LogP contribution in [0, 0.1) is 5.92 Å². The molecule has 0 aromatic heterocycles. The van der Waals surface area contributed by atoms with Gasteiger partial charge < -0.3 is 16.2 Å². The standard InChI is InChI=1S/C13H17BrN2O3/c1-2-3-9(13(18)19)7-16-11-5-4-8(12(15)17)6-10(11)14/h4-6,9,16H,2-3,7H2,1H3,(H2,15,17)(H,18,19). The van der Waals surface area contributed by atoms with E-state index in [0.29, 0.717) is 23.0 Å². The third-order valence-corrected chi connectivity index (χ3v) is 3.43. The number of nitrogens with two attached hydrogens (primary N) is 1. The predicted octanol–water partition coefficient (Wildman–Crippen LogP) is 2.46. The Morgan fingerprint density at radius 3 is 2.63 bits per heavy atom. The van der Waals surface area contributed by atoms with Gasteiger partial charge in [0.15, 0.2) is 0 Å². The van der Waals surface area contributed by atoms with Gasteiger partial charge >= 0.3 is 5.97 Å². The highest BCUT2D eigenvalue weighted by Gasteiger charge is 2.16. The topological polar surface area (TPSA) is 92.4 Å². The summed E-state index contributed by atoms with van der Waals surface area (Å²) in [6, 6.07) is 4.92. The molecule has 0 saturated carbocycles. The number of amides is 1. The third kappa shape index (κ3) is 4.55. The molecule has 1 aromatic rings. The van der Waals surface area contributed by atoms with E-state index < -0.39 is 17.8 Å². The van der Waals surface area contributed by atoms with Crippen LogP contribution >= 0.6 is 15.9 Å². The zero-order chi connectivity index (χ0) is 14.4. The number of aliphatic carboxylic acids is 1. The van der Waals surface area contributed by atoms with Crippen molar-refractivity contribution in [2.24, 2.45) is 11.7 Å². The Hall–Kier alpha value is -1.56. The summed E-state index contributed by atoms with van der Waals surface area (Å²) in [5, 5.41) is 12.1. The van der Waals surface area contributed by atoms with Gasteiger partial charge in [0.2, 0.25) is 5.91 Å². The maximum absolute atomic E-state index is 11.0. The molecule has 1 rings (SSSR count). The molecule has 1 aromatic carbocycles. The Morgan fingerprint density at radius 1 is 1.47 bits per heavy atom. The average molecular weight is 329 g/mol. The predicted molar refractivity (Wildman–Crippen MR) is 77.2 cm³/mol. The lowest BCUT2D eigenvalue weighted by Crippen LogP contribution is -2.23. The monoisotopic (exact) mass is 328 g/mol. The van der Waals surface area contributed by atoms with Crippen LogP contribution in [0.1, 0.15) is 30.1 Å². The number of carbonyl (C=O) groups is 2. The second-order valence-corrected chi connectivity index (χ2v) is 5.12. The maximum atomic E-state index is 11.0. The number of hydrogen-bond acceptors (Lipinski definition) is 3. The highest BCUT2D eigenvalue weighted by molar-refractivity contribution is 9.10. The minimum Gasteiger partial charge on any atom is -0.481 e. The molecule has 1 unspecified atom stereocenters. The number of anilines is 1. The van der Waals surface area contributed by atoms with E-state index in [2.05, 4.69) is 21.2 Å². The van der Waals surface area contributed by atoms with Crippen LogP contribution in [0.5, 0.6) is 0 Å². The molecular weight excluding hydrogens is 312 g/mol. The molecule has 5 nitrogen and oxygen atoms in total. The van der Waals surface area contributed by atoms with Crippen molar-refractivity contribution in [3.63, 3.8) is 0 Å². The first-order chi connectivity index (χ1) is 8.95. The molecule has 0 aliphatic heterocycles. The molecule has 0 bridgehead atoms. The highest BCUT2D eigenvalue weighted by Crippen LogP contribution is 2.24. The zero-order valence-corrected chi connectivity index (χ0v) is 12.2. The number of nitrogens with one attached hydrogen (secondary N) is 1. The fraction of sp³-hybridized carbons (Fsp3) is 0.385. The van der Waals surface area contributed by atoms with Gasteiger partial charge in [-0.2, -0.15) is 0 Å². The van der Waals surface area contributed by atoms with Crippen molar-refractivity contribution in [2.45, 2.75) is 19.8 Å². The summed E-state index contributed by atoms with van der Waals surface area (Å²) in [4.78, 5) is 22.0. The molecule has 0 spiro atoms. The smallest absolute Gasteiger partial charge is 0.308 e. The van der Waals surface area contributed by atoms with Gasteiger partial charge in [-0.3, -0.25) is 9.59 Å². The van der Waals surface area contributed by atoms with Crippen LogP contribution in [0.25, 0.3) is 0 Å². The van der Waals surface area contributed by atoms with Crippen molar-refractivity contribution in [3.05, 3.63) is 28.2 Å². The first-order valence-corrected chi connectivity index (χ1v) is 6.81. The Balaban J connectivity index is 2.72. The van der Waals surface area contributed by atoms with E-state index in [0.717, 1.165) is 12.1 Å². The summed E-state index contributed by atoms with van der Waals surface area (Å²) in [5.74, 6) is -1.73. The van der Waals surface area contributed by atoms with Gasteiger partial charge in [-0.25, -0.2) is 0 Å². The van der Waals surface area contributed by atoms with Crippen molar-refractivity contribution in [2.75, 3.05) is 11.9 Å². The molecule has 4 N–H and O–H groups in total. The second-order valence-electron chi connectivity index (χ2n) is 4.26. The van der Waals surface area contributed by atoms with Crippen molar-refractivity contribution in [1.29, 1.82) is 0 Å². The largest absolute Gasteiger partial charge is 0.481 e. The average Bonchev–Trinajstić information content (AvgIpc) is 2.35. The zero-order valence-electron chi connectivity index (χ0n) is 10.6. The molecule has 6 heteroatoms. The van der Waals surface area contributed by atoms with E-state index in [4.69, 9.17) is 10.8 Å². The van der Waals surface area contributed by atoms with Crippen molar-refractivity contribution in [1.82, 2.24) is 0 Å². The lowest BCUT2D eigenvalue weighted by molar-refractivity contribution is -0.141. The van der Waals surface area contributed by atoms with E-state index in [1.165, 1.54) is 0 Å². The summed E-state index contributed by atoms with van der Waals surface area (Å²) in [6.45, 7) is 2.30. The molecule has 19 heavy (non-hydrogen) atoms. The van der Waals surface area contributed by atoms with E-state index in [1.54, 1.807) is 18.2 Å². The summed E-state index contributed by atoms with van der Waals surface area (Å²) in [6.07, 6.45) is 1.44. The second kappa shape index (κ2) is 7.13. The fourth-order valence-electron chi connectivity index (χ4n) is 1.71. The van der Waals surface area contributed by atoms with E-state index >= 15 is 0 Å². The SMILES string of the molecule is CCCC(CNc1ccc(C(N)=O)cc1Br)C(=O)O. The molecule has 0 saturated heterocycles. The number of carbonyl (C=O) groups excluding carboxylic acids is 1. The molecule has 0 heterocycles. The van der Waals surface area contributed by atoms with Gasteiger partial charge in [0.1, 0.15) is 0 Å². The number of halogens is 1. The lowest BCUT2D eigenvalue weighted by atomic mass is 10.0. The normalized spacial score (nSPS) is 11.9. The number of carboxylic acids is 1. The van der Waals surface area contributed by atoms with Crippen LogP contribution in [0.2, 0.25) is 0 Å². The highest BCUT2D eigenvalue weighted by atomic mass is 79.9. The first kappa shape index (κ1) is 15.5. The maximum Gasteiger partial charge on any atom is 0.308 e. The van der Waals surface area contributed by atoms with E-state index in [9.17, 15) is 9.59 Å². The Labute approximate surface area is 120 Å². The summed E-state index contributed by atoms with van der Waals surface area (Å²) in [7, 11) is 0. The molecule has 0 aliphatic rings. The Bertz CT molecular complexity index is 477. The summed E-state index contributed by atoms with van der Waals surface area (Å²) >= 11 is 3.32. The van der Waals surface area contributed by atoms with Crippen LogP contribution in [0.4, 0.5) is 5.69 Å². The molecule has 104 valence electrons. The Morgan fingerprint density at radius 2 is 2.16 bits per heavy atom. The van der Waals surface area contributed by atoms with Crippen LogP contribution in [0.3, 0.4) is 0 Å². The van der Waals surface area contributed by atoms with Crippen LogP contribution in [-0.4, -0.2) is 23.5 Å². The van der Waals surface area contributed by atoms with Gasteiger partial charge in [-0.15, -0.1) is 0 Å². The summed E-state index contributed by atoms with van der Waals surface area (Å²) in [5.41, 5.74) is 6.32. The molecule has 1 amide bonds. The van der Waals surface area contributed by atoms with Crippen LogP contribution in [-0.2, 0) is 4.79 Å². The molecule has 0 aliphatic carbocycles. The molecular formula is C13H17BrN2O3. The molecule has 1 atom stereocenters. The van der Waals surface area contributed by atoms with Crippen molar-refractivity contribution >= 4 is 33.5 Å². The van der Waals surface area contributed by atoms with E-state index in [-0.39, 0.29) is 0 Å². The minimum atomic E-state index is -0.806. The lowest BCUT2D eigenvalue weighted by Gasteiger charge is -2.14. The molecule has 0 fully saturated rings. The summed E-state index contributed by atoms with van der Waals surface area (Å²) < 4.78 is 0.685. The van der Waals surface area contributed by atoms with Crippen LogP contribution < -0.4 is 11.1 Å². The van der Waals surface area contributed by atoms with Gasteiger partial charge in [-0.1, -0.05) is 13.3 Å². The number of hydrogen-bond donors (Lipinski definition) is 3.